The molecule has 0 bridgehead atoms. The van der Waals surface area contributed by atoms with Crippen molar-refractivity contribution < 1.29 is 4.79 Å². The van der Waals surface area contributed by atoms with Gasteiger partial charge in [0.2, 0.25) is 0 Å². The number of thiazole rings is 1. The molecule has 0 unspecified atom stereocenters. The van der Waals surface area contributed by atoms with Crippen LogP contribution in [0.25, 0.3) is 15.2 Å². The number of hydrogen-bond donors (Lipinski definition) is 0. The van der Waals surface area contributed by atoms with Crippen LogP contribution in [-0.4, -0.2) is 37.2 Å². The van der Waals surface area contributed by atoms with E-state index in [-0.39, 0.29) is 12.5 Å². The molecule has 4 rings (SSSR count). The van der Waals surface area contributed by atoms with Gasteiger partial charge in [0, 0.05) is 6.54 Å². The highest BCUT2D eigenvalue weighted by Crippen LogP contribution is 2.28. The Balaban J connectivity index is 1.59. The number of benzene rings is 1. The molecule has 8 nitrogen and oxygen atoms in total. The standard InChI is InChI=1S/C16H14N6O2S2/c1-2-20(15-17-11-6-3-4-7-12(11)26-15)13(23)10-21-16(24)22(19-18-21)14-8-5-9-25-14/h3-9H,2,10H2,1H3. The van der Waals surface area contributed by atoms with Crippen LogP contribution < -0.4 is 10.6 Å². The van der Waals surface area contributed by atoms with Gasteiger partial charge in [-0.2, -0.15) is 9.36 Å². The van der Waals surface area contributed by atoms with Crippen LogP contribution in [0.1, 0.15) is 6.92 Å². The van der Waals surface area contributed by atoms with E-state index in [2.05, 4.69) is 15.4 Å². The quantitative estimate of drug-likeness (QED) is 0.525. The molecule has 4 aromatic rings. The summed E-state index contributed by atoms with van der Waals surface area (Å²) in [7, 11) is 0. The summed E-state index contributed by atoms with van der Waals surface area (Å²) in [5.74, 6) is -0.258. The van der Waals surface area contributed by atoms with Gasteiger partial charge in [-0.3, -0.25) is 9.69 Å². The van der Waals surface area contributed by atoms with Gasteiger partial charge in [-0.05, 0) is 47.0 Å². The summed E-state index contributed by atoms with van der Waals surface area (Å²) in [6.07, 6.45) is 0. The van der Waals surface area contributed by atoms with Gasteiger partial charge in [0.1, 0.15) is 11.5 Å². The van der Waals surface area contributed by atoms with Crippen LogP contribution in [0.2, 0.25) is 0 Å². The number of carbonyl (C=O) groups excluding carboxylic acids is 1. The lowest BCUT2D eigenvalue weighted by Gasteiger charge is -2.16. The molecule has 10 heteroatoms. The molecule has 0 saturated heterocycles. The van der Waals surface area contributed by atoms with E-state index < -0.39 is 5.69 Å². The lowest BCUT2D eigenvalue weighted by Crippen LogP contribution is -2.37. The largest absolute Gasteiger partial charge is 0.369 e. The van der Waals surface area contributed by atoms with Crippen LogP contribution in [0.4, 0.5) is 5.13 Å². The molecule has 132 valence electrons. The summed E-state index contributed by atoms with van der Waals surface area (Å²) in [5.41, 5.74) is 0.403. The molecule has 0 aliphatic rings. The van der Waals surface area contributed by atoms with Gasteiger partial charge in [0.25, 0.3) is 5.91 Å². The van der Waals surface area contributed by atoms with Crippen LogP contribution in [-0.2, 0) is 11.3 Å². The Labute approximate surface area is 155 Å². The molecule has 0 saturated carbocycles. The molecular weight excluding hydrogens is 372 g/mol. The first-order valence-electron chi connectivity index (χ1n) is 7.90. The van der Waals surface area contributed by atoms with Gasteiger partial charge in [-0.15, -0.1) is 11.3 Å². The number of aromatic nitrogens is 5. The van der Waals surface area contributed by atoms with E-state index in [1.54, 1.807) is 11.0 Å². The molecule has 0 aliphatic carbocycles. The first-order valence-corrected chi connectivity index (χ1v) is 9.59. The average molecular weight is 386 g/mol. The third-order valence-corrected chi connectivity index (χ3v) is 5.67. The van der Waals surface area contributed by atoms with E-state index in [0.29, 0.717) is 16.7 Å². The Morgan fingerprint density at radius 1 is 1.19 bits per heavy atom. The molecule has 0 atom stereocenters. The predicted octanol–water partition coefficient (Wildman–Crippen LogP) is 2.15. The molecule has 3 heterocycles. The molecular formula is C16H14N6O2S2. The van der Waals surface area contributed by atoms with Gasteiger partial charge < -0.3 is 0 Å². The predicted molar refractivity (Wildman–Crippen MR) is 101 cm³/mol. The normalized spacial score (nSPS) is 11.1. The van der Waals surface area contributed by atoms with Gasteiger partial charge in [0.05, 0.1) is 10.2 Å². The number of rotatable bonds is 5. The van der Waals surface area contributed by atoms with E-state index in [9.17, 15) is 9.59 Å². The zero-order valence-corrected chi connectivity index (χ0v) is 15.4. The van der Waals surface area contributed by atoms with E-state index in [1.165, 1.54) is 27.4 Å². The van der Waals surface area contributed by atoms with E-state index in [1.807, 2.05) is 42.6 Å². The van der Waals surface area contributed by atoms with Crippen molar-refractivity contribution in [3.63, 3.8) is 0 Å². The van der Waals surface area contributed by atoms with Crippen LogP contribution in [0.15, 0.2) is 46.6 Å². The number of amides is 1. The minimum atomic E-state index is -0.443. The summed E-state index contributed by atoms with van der Waals surface area (Å²) < 4.78 is 3.26. The summed E-state index contributed by atoms with van der Waals surface area (Å²) in [5, 5.41) is 10.8. The zero-order chi connectivity index (χ0) is 18.1. The van der Waals surface area contributed by atoms with Crippen molar-refractivity contribution in [2.45, 2.75) is 13.5 Å². The van der Waals surface area contributed by atoms with Crippen LogP contribution in [0.3, 0.4) is 0 Å². The smallest absolute Gasteiger partial charge is 0.287 e. The third kappa shape index (κ3) is 2.93. The monoisotopic (exact) mass is 386 g/mol. The van der Waals surface area contributed by atoms with Gasteiger partial charge >= 0.3 is 5.69 Å². The zero-order valence-electron chi connectivity index (χ0n) is 13.8. The molecule has 1 amide bonds. The van der Waals surface area contributed by atoms with Crippen molar-refractivity contribution in [1.29, 1.82) is 0 Å². The number of likely N-dealkylation sites (N-methyl/N-ethyl adjacent to an activating group) is 1. The highest BCUT2D eigenvalue weighted by molar-refractivity contribution is 7.22. The fourth-order valence-electron chi connectivity index (χ4n) is 2.51. The number of hydrogen-bond acceptors (Lipinski definition) is 7. The lowest BCUT2D eigenvalue weighted by atomic mass is 10.3. The highest BCUT2D eigenvalue weighted by atomic mass is 32.1. The Morgan fingerprint density at radius 3 is 2.77 bits per heavy atom. The topological polar surface area (TPSA) is 85.9 Å². The van der Waals surface area contributed by atoms with Crippen molar-refractivity contribution in [2.75, 3.05) is 11.4 Å². The van der Waals surface area contributed by atoms with Crippen LogP contribution in [0, 0.1) is 0 Å². The molecule has 0 N–H and O–H groups in total. The maximum atomic E-state index is 12.7. The SMILES string of the molecule is CCN(C(=O)Cn1nnn(-c2cccs2)c1=O)c1nc2ccccc2s1. The summed E-state index contributed by atoms with van der Waals surface area (Å²) in [4.78, 5) is 31.2. The minimum absolute atomic E-state index is 0.187. The van der Waals surface area contributed by atoms with Crippen molar-refractivity contribution in [2.24, 2.45) is 0 Å². The summed E-state index contributed by atoms with van der Waals surface area (Å²) in [6, 6.07) is 11.3. The maximum absolute atomic E-state index is 12.7. The lowest BCUT2D eigenvalue weighted by molar-refractivity contribution is -0.119. The highest BCUT2D eigenvalue weighted by Gasteiger charge is 2.21. The Kier molecular flexibility index (Phi) is 4.35. The number of thiophene rings is 1. The van der Waals surface area contributed by atoms with Crippen molar-refractivity contribution in [3.8, 4) is 5.00 Å². The van der Waals surface area contributed by atoms with Crippen molar-refractivity contribution in [1.82, 2.24) is 24.8 Å². The Hall–Kier alpha value is -2.85. The summed E-state index contributed by atoms with van der Waals surface area (Å²) >= 11 is 2.82. The van der Waals surface area contributed by atoms with Crippen molar-refractivity contribution in [3.05, 3.63) is 52.3 Å². The van der Waals surface area contributed by atoms with Crippen LogP contribution in [0.5, 0.6) is 0 Å². The molecule has 3 aromatic heterocycles. The van der Waals surface area contributed by atoms with Crippen molar-refractivity contribution >= 4 is 43.9 Å². The number of para-hydroxylation sites is 1. The molecule has 0 aliphatic heterocycles. The Bertz CT molecular complexity index is 1080. The number of anilines is 1. The third-order valence-electron chi connectivity index (χ3n) is 3.77. The first kappa shape index (κ1) is 16.6. The second-order valence-corrected chi connectivity index (χ2v) is 7.32. The number of nitrogens with zero attached hydrogens (tertiary/aromatic N) is 6. The second kappa shape index (κ2) is 6.81. The molecule has 0 spiro atoms. The van der Waals surface area contributed by atoms with Crippen LogP contribution >= 0.6 is 22.7 Å². The van der Waals surface area contributed by atoms with Gasteiger partial charge in [0.15, 0.2) is 5.13 Å². The average Bonchev–Trinajstić information content (AvgIpc) is 3.36. The summed E-state index contributed by atoms with van der Waals surface area (Å²) in [6.45, 7) is 2.13. The fourth-order valence-corrected chi connectivity index (χ4v) is 4.22. The second-order valence-electron chi connectivity index (χ2n) is 5.38. The first-order chi connectivity index (χ1) is 12.7. The van der Waals surface area contributed by atoms with E-state index in [0.717, 1.165) is 14.9 Å². The number of carbonyl (C=O) groups is 1. The number of fused-ring (bicyclic) bond motifs is 1. The van der Waals surface area contributed by atoms with Gasteiger partial charge in [-0.25, -0.2) is 9.78 Å². The fraction of sp³-hybridized carbons (Fsp3) is 0.188. The van der Waals surface area contributed by atoms with E-state index in [4.69, 9.17) is 0 Å². The van der Waals surface area contributed by atoms with Gasteiger partial charge in [-0.1, -0.05) is 23.5 Å². The minimum Gasteiger partial charge on any atom is -0.287 e. The molecule has 0 radical (unpaired) electrons. The molecule has 1 aromatic carbocycles. The molecule has 26 heavy (non-hydrogen) atoms. The molecule has 0 fully saturated rings. The van der Waals surface area contributed by atoms with E-state index >= 15 is 0 Å². The Morgan fingerprint density at radius 2 is 2.04 bits per heavy atom. The number of tetrazole rings is 1. The maximum Gasteiger partial charge on any atom is 0.369 e.